The molecule has 4 nitrogen and oxygen atoms in total. The van der Waals surface area contributed by atoms with Crippen molar-refractivity contribution in [2.75, 3.05) is 18.1 Å². The van der Waals surface area contributed by atoms with Crippen molar-refractivity contribution < 1.29 is 13.2 Å². The summed E-state index contributed by atoms with van der Waals surface area (Å²) < 4.78 is 29.7. The second kappa shape index (κ2) is 6.28. The molecule has 19 heavy (non-hydrogen) atoms. The van der Waals surface area contributed by atoms with E-state index in [9.17, 15) is 8.42 Å². The normalized spacial score (nSPS) is 17.3. The summed E-state index contributed by atoms with van der Waals surface area (Å²) >= 11 is 0. The topological polar surface area (TPSA) is 69.4 Å². The van der Waals surface area contributed by atoms with Crippen molar-refractivity contribution in [2.45, 2.75) is 37.4 Å². The van der Waals surface area contributed by atoms with Gasteiger partial charge in [0.1, 0.15) is 12.4 Å². The zero-order valence-corrected chi connectivity index (χ0v) is 11.9. The second-order valence-corrected chi connectivity index (χ2v) is 7.45. The van der Waals surface area contributed by atoms with E-state index in [1.165, 1.54) is 0 Å². The lowest BCUT2D eigenvalue weighted by Gasteiger charge is -2.21. The molecule has 0 atom stereocenters. The Kier molecular flexibility index (Phi) is 4.69. The minimum atomic E-state index is -3.01. The Labute approximate surface area is 114 Å². The fourth-order valence-corrected chi connectivity index (χ4v) is 4.13. The van der Waals surface area contributed by atoms with Crippen LogP contribution >= 0.6 is 0 Å². The molecule has 1 aliphatic carbocycles. The maximum Gasteiger partial charge on any atom is 0.156 e. The van der Waals surface area contributed by atoms with Gasteiger partial charge in [0.05, 0.1) is 11.0 Å². The minimum absolute atomic E-state index is 0.0992. The number of rotatable bonds is 5. The first kappa shape index (κ1) is 14.2. The van der Waals surface area contributed by atoms with Gasteiger partial charge in [-0.05, 0) is 37.1 Å². The van der Waals surface area contributed by atoms with E-state index in [1.807, 2.05) is 0 Å². The molecule has 0 spiro atoms. The van der Waals surface area contributed by atoms with Crippen molar-refractivity contribution in [1.29, 1.82) is 0 Å². The maximum atomic E-state index is 12.1. The predicted molar refractivity (Wildman–Crippen MR) is 77.0 cm³/mol. The molecule has 0 unspecified atom stereocenters. The van der Waals surface area contributed by atoms with Gasteiger partial charge >= 0.3 is 0 Å². The van der Waals surface area contributed by atoms with Crippen LogP contribution in [-0.4, -0.2) is 26.0 Å². The van der Waals surface area contributed by atoms with Gasteiger partial charge in [0.2, 0.25) is 0 Å². The van der Waals surface area contributed by atoms with Gasteiger partial charge < -0.3 is 10.5 Å². The Balaban J connectivity index is 1.82. The molecule has 0 aliphatic heterocycles. The number of nitrogen functional groups attached to an aromatic ring is 1. The maximum absolute atomic E-state index is 12.1. The van der Waals surface area contributed by atoms with Gasteiger partial charge in [0.15, 0.2) is 9.84 Å². The number of ether oxygens (including phenoxy) is 1. The number of hydrogen-bond acceptors (Lipinski definition) is 4. The Hall–Kier alpha value is -1.23. The quantitative estimate of drug-likeness (QED) is 0.842. The van der Waals surface area contributed by atoms with Crippen molar-refractivity contribution in [3.63, 3.8) is 0 Å². The SMILES string of the molecule is Nc1ccc(OCCS(=O)(=O)C2CCCCC2)cc1. The van der Waals surface area contributed by atoms with E-state index in [0.717, 1.165) is 32.1 Å². The standard InChI is InChI=1S/C14H21NO3S/c15-12-6-8-13(9-7-12)18-10-11-19(16,17)14-4-2-1-3-5-14/h6-9,14H,1-5,10-11,15H2. The highest BCUT2D eigenvalue weighted by Crippen LogP contribution is 2.24. The predicted octanol–water partition coefficient (Wildman–Crippen LogP) is 2.40. The van der Waals surface area contributed by atoms with E-state index in [0.29, 0.717) is 11.4 Å². The molecule has 0 aromatic heterocycles. The molecule has 0 heterocycles. The van der Waals surface area contributed by atoms with Crippen LogP contribution in [0, 0.1) is 0 Å². The van der Waals surface area contributed by atoms with Crippen LogP contribution in [0.5, 0.6) is 5.75 Å². The largest absolute Gasteiger partial charge is 0.493 e. The third-order valence-electron chi connectivity index (χ3n) is 3.58. The average molecular weight is 283 g/mol. The number of anilines is 1. The van der Waals surface area contributed by atoms with E-state index in [1.54, 1.807) is 24.3 Å². The number of nitrogens with two attached hydrogens (primary N) is 1. The van der Waals surface area contributed by atoms with Gasteiger partial charge in [-0.3, -0.25) is 0 Å². The highest BCUT2D eigenvalue weighted by atomic mass is 32.2. The molecule has 0 saturated heterocycles. The molecule has 1 saturated carbocycles. The molecule has 1 fully saturated rings. The van der Waals surface area contributed by atoms with Crippen LogP contribution in [0.1, 0.15) is 32.1 Å². The van der Waals surface area contributed by atoms with E-state index in [-0.39, 0.29) is 17.6 Å². The molecule has 1 aromatic rings. The first-order chi connectivity index (χ1) is 9.08. The molecule has 0 amide bonds. The van der Waals surface area contributed by atoms with Crippen LogP contribution in [0.2, 0.25) is 0 Å². The number of hydrogen-bond donors (Lipinski definition) is 1. The van der Waals surface area contributed by atoms with Gasteiger partial charge in [-0.25, -0.2) is 8.42 Å². The van der Waals surface area contributed by atoms with Crippen molar-refractivity contribution in [2.24, 2.45) is 0 Å². The minimum Gasteiger partial charge on any atom is -0.493 e. The second-order valence-electron chi connectivity index (χ2n) is 5.04. The van der Waals surface area contributed by atoms with Crippen LogP contribution in [0.3, 0.4) is 0 Å². The third kappa shape index (κ3) is 4.13. The monoisotopic (exact) mass is 283 g/mol. The Bertz CT molecular complexity index is 490. The van der Waals surface area contributed by atoms with Gasteiger partial charge in [-0.1, -0.05) is 19.3 Å². The average Bonchev–Trinajstić information content (AvgIpc) is 2.42. The number of sulfone groups is 1. The van der Waals surface area contributed by atoms with E-state index >= 15 is 0 Å². The summed E-state index contributed by atoms with van der Waals surface area (Å²) in [5.41, 5.74) is 6.24. The molecule has 2 N–H and O–H groups in total. The lowest BCUT2D eigenvalue weighted by atomic mass is 10.0. The summed E-state index contributed by atoms with van der Waals surface area (Å²) in [7, 11) is -3.01. The summed E-state index contributed by atoms with van der Waals surface area (Å²) in [5, 5.41) is -0.156. The molecular weight excluding hydrogens is 262 g/mol. The van der Waals surface area contributed by atoms with Crippen LogP contribution in [-0.2, 0) is 9.84 Å². The molecule has 2 rings (SSSR count). The molecule has 0 bridgehead atoms. The fourth-order valence-electron chi connectivity index (χ4n) is 2.43. The summed E-state index contributed by atoms with van der Waals surface area (Å²) in [6.07, 6.45) is 4.84. The lowest BCUT2D eigenvalue weighted by Crippen LogP contribution is -2.28. The molecule has 106 valence electrons. The lowest BCUT2D eigenvalue weighted by molar-refractivity contribution is 0.339. The molecule has 1 aliphatic rings. The zero-order chi connectivity index (χ0) is 13.7. The van der Waals surface area contributed by atoms with Crippen LogP contribution in [0.4, 0.5) is 5.69 Å². The number of benzene rings is 1. The van der Waals surface area contributed by atoms with Crippen LogP contribution in [0.25, 0.3) is 0 Å². The van der Waals surface area contributed by atoms with E-state index in [2.05, 4.69) is 0 Å². The zero-order valence-electron chi connectivity index (χ0n) is 11.0. The molecule has 1 aromatic carbocycles. The summed E-state index contributed by atoms with van der Waals surface area (Å²) in [6.45, 7) is 0.211. The summed E-state index contributed by atoms with van der Waals surface area (Å²) in [5.74, 6) is 0.759. The van der Waals surface area contributed by atoms with E-state index < -0.39 is 9.84 Å². The van der Waals surface area contributed by atoms with Crippen LogP contribution in [0.15, 0.2) is 24.3 Å². The Morgan fingerprint density at radius 3 is 2.37 bits per heavy atom. The Morgan fingerprint density at radius 2 is 1.74 bits per heavy atom. The van der Waals surface area contributed by atoms with E-state index in [4.69, 9.17) is 10.5 Å². The van der Waals surface area contributed by atoms with Gasteiger partial charge in [0, 0.05) is 5.69 Å². The summed E-state index contributed by atoms with van der Waals surface area (Å²) in [4.78, 5) is 0. The smallest absolute Gasteiger partial charge is 0.156 e. The molecular formula is C14H21NO3S. The van der Waals surface area contributed by atoms with Gasteiger partial charge in [-0.15, -0.1) is 0 Å². The fraction of sp³-hybridized carbons (Fsp3) is 0.571. The van der Waals surface area contributed by atoms with Crippen molar-refractivity contribution >= 4 is 15.5 Å². The third-order valence-corrected chi connectivity index (χ3v) is 5.80. The van der Waals surface area contributed by atoms with Gasteiger partial charge in [0.25, 0.3) is 0 Å². The summed E-state index contributed by atoms with van der Waals surface area (Å²) in [6, 6.07) is 6.99. The Morgan fingerprint density at radius 1 is 1.11 bits per heavy atom. The first-order valence-electron chi connectivity index (χ1n) is 6.78. The molecule has 0 radical (unpaired) electrons. The van der Waals surface area contributed by atoms with Crippen molar-refractivity contribution in [3.8, 4) is 5.75 Å². The van der Waals surface area contributed by atoms with Crippen molar-refractivity contribution in [3.05, 3.63) is 24.3 Å². The van der Waals surface area contributed by atoms with Crippen molar-refractivity contribution in [1.82, 2.24) is 0 Å². The highest BCUT2D eigenvalue weighted by molar-refractivity contribution is 7.92. The molecule has 5 heteroatoms. The van der Waals surface area contributed by atoms with Crippen LogP contribution < -0.4 is 10.5 Å². The highest BCUT2D eigenvalue weighted by Gasteiger charge is 2.26. The van der Waals surface area contributed by atoms with Gasteiger partial charge in [-0.2, -0.15) is 0 Å². The first-order valence-corrected chi connectivity index (χ1v) is 8.49.